The van der Waals surface area contributed by atoms with Crippen molar-refractivity contribution in [3.8, 4) is 0 Å². The summed E-state index contributed by atoms with van der Waals surface area (Å²) in [5.41, 5.74) is 2.99. The molecule has 70 valence electrons. The third-order valence-corrected chi connectivity index (χ3v) is 1.99. The Morgan fingerprint density at radius 3 is 2.85 bits per heavy atom. The molecule has 0 aromatic heterocycles. The van der Waals surface area contributed by atoms with Crippen LogP contribution in [0.4, 0.5) is 0 Å². The van der Waals surface area contributed by atoms with E-state index < -0.39 is 0 Å². The largest absolute Gasteiger partial charge is 0.313 e. The zero-order chi connectivity index (χ0) is 9.68. The van der Waals surface area contributed by atoms with Crippen molar-refractivity contribution in [3.05, 3.63) is 34.9 Å². The number of aldehydes is 1. The lowest BCUT2D eigenvalue weighted by molar-refractivity contribution is 0.112. The smallest absolute Gasteiger partial charge is 0.150 e. The molecule has 0 unspecified atom stereocenters. The third-order valence-electron chi connectivity index (χ3n) is 1.99. The van der Waals surface area contributed by atoms with Crippen molar-refractivity contribution in [2.45, 2.75) is 20.4 Å². The Labute approximate surface area is 79.0 Å². The Hall–Kier alpha value is -1.15. The zero-order valence-corrected chi connectivity index (χ0v) is 8.13. The van der Waals surface area contributed by atoms with E-state index in [0.717, 1.165) is 36.1 Å². The first kappa shape index (κ1) is 9.93. The maximum atomic E-state index is 10.7. The number of carbonyl (C=O) groups excluding carboxylic acids is 1. The maximum Gasteiger partial charge on any atom is 0.150 e. The summed E-state index contributed by atoms with van der Waals surface area (Å²) in [7, 11) is 0. The molecule has 0 bridgehead atoms. The quantitative estimate of drug-likeness (QED) is 0.712. The molecule has 0 aliphatic carbocycles. The van der Waals surface area contributed by atoms with Crippen molar-refractivity contribution >= 4 is 6.29 Å². The first-order chi connectivity index (χ1) is 6.27. The molecule has 0 heterocycles. The lowest BCUT2D eigenvalue weighted by Gasteiger charge is -2.05. The molecular weight excluding hydrogens is 162 g/mol. The van der Waals surface area contributed by atoms with Gasteiger partial charge in [0.1, 0.15) is 6.29 Å². The van der Waals surface area contributed by atoms with Gasteiger partial charge in [-0.2, -0.15) is 0 Å². The minimum atomic E-state index is 0.769. The van der Waals surface area contributed by atoms with Gasteiger partial charge < -0.3 is 5.32 Å². The molecular formula is C11H15NO. The van der Waals surface area contributed by atoms with Crippen LogP contribution >= 0.6 is 0 Å². The average Bonchev–Trinajstić information content (AvgIpc) is 2.16. The molecule has 0 aliphatic heterocycles. The molecule has 2 heteroatoms. The van der Waals surface area contributed by atoms with Gasteiger partial charge in [0, 0.05) is 12.1 Å². The molecule has 1 rings (SSSR count). The predicted molar refractivity (Wildman–Crippen MR) is 53.9 cm³/mol. The minimum Gasteiger partial charge on any atom is -0.313 e. The van der Waals surface area contributed by atoms with Gasteiger partial charge in [0.15, 0.2) is 0 Å². The van der Waals surface area contributed by atoms with E-state index in [1.165, 1.54) is 0 Å². The van der Waals surface area contributed by atoms with Gasteiger partial charge in [0.05, 0.1) is 0 Å². The minimum absolute atomic E-state index is 0.769. The molecule has 1 aromatic rings. The van der Waals surface area contributed by atoms with Crippen LogP contribution in [0.25, 0.3) is 0 Å². The van der Waals surface area contributed by atoms with Crippen molar-refractivity contribution in [1.29, 1.82) is 0 Å². The second-order valence-electron chi connectivity index (χ2n) is 3.10. The highest BCUT2D eigenvalue weighted by atomic mass is 16.1. The van der Waals surface area contributed by atoms with Gasteiger partial charge in [-0.25, -0.2) is 0 Å². The molecule has 1 aromatic carbocycles. The fourth-order valence-electron chi connectivity index (χ4n) is 1.24. The van der Waals surface area contributed by atoms with Crippen LogP contribution in [0.5, 0.6) is 0 Å². The first-order valence-electron chi connectivity index (χ1n) is 4.53. The third kappa shape index (κ3) is 2.67. The van der Waals surface area contributed by atoms with Gasteiger partial charge >= 0.3 is 0 Å². The summed E-state index contributed by atoms with van der Waals surface area (Å²) in [5.74, 6) is 0. The topological polar surface area (TPSA) is 29.1 Å². The summed E-state index contributed by atoms with van der Waals surface area (Å²) in [6.45, 7) is 5.73. The SMILES string of the molecule is CCNCc1ccc(C)cc1C=O. The Morgan fingerprint density at radius 1 is 1.46 bits per heavy atom. The van der Waals surface area contributed by atoms with Gasteiger partial charge in [-0.1, -0.05) is 24.6 Å². The van der Waals surface area contributed by atoms with Crippen LogP contribution in [0.15, 0.2) is 18.2 Å². The van der Waals surface area contributed by atoms with Crippen molar-refractivity contribution in [2.24, 2.45) is 0 Å². The van der Waals surface area contributed by atoms with Crippen molar-refractivity contribution in [2.75, 3.05) is 6.54 Å². The fourth-order valence-corrected chi connectivity index (χ4v) is 1.24. The van der Waals surface area contributed by atoms with E-state index in [1.54, 1.807) is 0 Å². The molecule has 13 heavy (non-hydrogen) atoms. The average molecular weight is 177 g/mol. The molecule has 0 radical (unpaired) electrons. The van der Waals surface area contributed by atoms with Gasteiger partial charge in [-0.3, -0.25) is 4.79 Å². The zero-order valence-electron chi connectivity index (χ0n) is 8.13. The summed E-state index contributed by atoms with van der Waals surface area (Å²) >= 11 is 0. The van der Waals surface area contributed by atoms with Crippen LogP contribution in [-0.4, -0.2) is 12.8 Å². The van der Waals surface area contributed by atoms with Crippen molar-refractivity contribution in [1.82, 2.24) is 5.32 Å². The predicted octanol–water partition coefficient (Wildman–Crippen LogP) is 1.92. The highest BCUT2D eigenvalue weighted by Crippen LogP contribution is 2.09. The summed E-state index contributed by atoms with van der Waals surface area (Å²) in [6.07, 6.45) is 0.916. The number of hydrogen-bond acceptors (Lipinski definition) is 2. The number of rotatable bonds is 4. The summed E-state index contributed by atoms with van der Waals surface area (Å²) < 4.78 is 0. The lowest BCUT2D eigenvalue weighted by Crippen LogP contribution is -2.13. The number of hydrogen-bond donors (Lipinski definition) is 1. The molecule has 1 N–H and O–H groups in total. The van der Waals surface area contributed by atoms with Crippen molar-refractivity contribution < 1.29 is 4.79 Å². The Morgan fingerprint density at radius 2 is 2.23 bits per heavy atom. The van der Waals surface area contributed by atoms with Crippen LogP contribution in [-0.2, 0) is 6.54 Å². The molecule has 0 amide bonds. The number of aryl methyl sites for hydroxylation is 1. The number of nitrogens with one attached hydrogen (secondary N) is 1. The standard InChI is InChI=1S/C11H15NO/c1-3-12-7-10-5-4-9(2)6-11(10)8-13/h4-6,8,12H,3,7H2,1-2H3. The van der Waals surface area contributed by atoms with E-state index >= 15 is 0 Å². The van der Waals surface area contributed by atoms with Gasteiger partial charge in [-0.05, 0) is 25.1 Å². The first-order valence-corrected chi connectivity index (χ1v) is 4.53. The van der Waals surface area contributed by atoms with Crippen LogP contribution < -0.4 is 5.32 Å². The van der Waals surface area contributed by atoms with E-state index in [-0.39, 0.29) is 0 Å². The molecule has 2 nitrogen and oxygen atoms in total. The summed E-state index contributed by atoms with van der Waals surface area (Å²) in [4.78, 5) is 10.7. The lowest BCUT2D eigenvalue weighted by atomic mass is 10.1. The van der Waals surface area contributed by atoms with Crippen LogP contribution in [0, 0.1) is 6.92 Å². The molecule has 0 aliphatic rings. The molecule has 0 saturated heterocycles. The molecule has 0 saturated carbocycles. The molecule has 0 spiro atoms. The van der Waals surface area contributed by atoms with E-state index in [0.29, 0.717) is 0 Å². The Balaban J connectivity index is 2.86. The second-order valence-corrected chi connectivity index (χ2v) is 3.10. The second kappa shape index (κ2) is 4.77. The monoisotopic (exact) mass is 177 g/mol. The number of carbonyl (C=O) groups is 1. The Bertz CT molecular complexity index is 294. The fraction of sp³-hybridized carbons (Fsp3) is 0.364. The summed E-state index contributed by atoms with van der Waals surface area (Å²) in [5, 5.41) is 3.20. The van der Waals surface area contributed by atoms with Crippen LogP contribution in [0.2, 0.25) is 0 Å². The van der Waals surface area contributed by atoms with Gasteiger partial charge in [0.25, 0.3) is 0 Å². The van der Waals surface area contributed by atoms with Gasteiger partial charge in [0.2, 0.25) is 0 Å². The maximum absolute atomic E-state index is 10.7. The van der Waals surface area contributed by atoms with Crippen LogP contribution in [0.1, 0.15) is 28.4 Å². The van der Waals surface area contributed by atoms with E-state index in [9.17, 15) is 4.79 Å². The number of benzene rings is 1. The highest BCUT2D eigenvalue weighted by molar-refractivity contribution is 5.77. The van der Waals surface area contributed by atoms with E-state index in [4.69, 9.17) is 0 Å². The molecule has 0 atom stereocenters. The van der Waals surface area contributed by atoms with Crippen LogP contribution in [0.3, 0.4) is 0 Å². The summed E-state index contributed by atoms with van der Waals surface area (Å²) in [6, 6.07) is 5.95. The van der Waals surface area contributed by atoms with Gasteiger partial charge in [-0.15, -0.1) is 0 Å². The molecule has 0 fully saturated rings. The van der Waals surface area contributed by atoms with Crippen molar-refractivity contribution in [3.63, 3.8) is 0 Å². The Kier molecular flexibility index (Phi) is 3.65. The van der Waals surface area contributed by atoms with E-state index in [1.807, 2.05) is 25.1 Å². The van der Waals surface area contributed by atoms with E-state index in [2.05, 4.69) is 12.2 Å². The normalized spacial score (nSPS) is 10.0. The highest BCUT2D eigenvalue weighted by Gasteiger charge is 2.00.